The Morgan fingerprint density at radius 2 is 1.85 bits per heavy atom. The molecule has 0 spiro atoms. The van der Waals surface area contributed by atoms with Crippen LogP contribution in [0.1, 0.15) is 0 Å². The van der Waals surface area contributed by atoms with E-state index in [1.165, 1.54) is 18.2 Å². The Balaban J connectivity index is 2.20. The van der Waals surface area contributed by atoms with Crippen LogP contribution in [0.15, 0.2) is 47.1 Å². The molecule has 3 aromatic rings. The van der Waals surface area contributed by atoms with E-state index in [0.717, 1.165) is 6.20 Å². The van der Waals surface area contributed by atoms with Crippen molar-refractivity contribution in [2.24, 2.45) is 0 Å². The molecule has 0 unspecified atom stereocenters. The first-order valence-electron chi connectivity index (χ1n) is 5.79. The predicted octanol–water partition coefficient (Wildman–Crippen LogP) is 3.26. The summed E-state index contributed by atoms with van der Waals surface area (Å²) in [5.74, 6) is -0.945. The Morgan fingerprint density at radius 3 is 2.55 bits per heavy atom. The lowest BCUT2D eigenvalue weighted by Gasteiger charge is -2.03. The molecule has 0 radical (unpaired) electrons. The van der Waals surface area contributed by atoms with Crippen molar-refractivity contribution in [1.82, 2.24) is 10.1 Å². The zero-order valence-corrected chi connectivity index (χ0v) is 10.2. The van der Waals surface area contributed by atoms with Gasteiger partial charge in [0.1, 0.15) is 17.3 Å². The van der Waals surface area contributed by atoms with Gasteiger partial charge in [-0.2, -0.15) is 0 Å². The van der Waals surface area contributed by atoms with E-state index in [0.29, 0.717) is 11.3 Å². The lowest BCUT2D eigenvalue weighted by Crippen LogP contribution is -1.92. The van der Waals surface area contributed by atoms with Crippen LogP contribution in [-0.2, 0) is 0 Å². The fourth-order valence-corrected chi connectivity index (χ4v) is 1.92. The maximum absolute atomic E-state index is 13.9. The molecule has 100 valence electrons. The van der Waals surface area contributed by atoms with Crippen LogP contribution in [0.4, 0.5) is 14.7 Å². The molecule has 0 amide bonds. The Labute approximate surface area is 112 Å². The lowest BCUT2D eigenvalue weighted by molar-refractivity contribution is 0.439. The van der Waals surface area contributed by atoms with Crippen LogP contribution < -0.4 is 5.73 Å². The van der Waals surface area contributed by atoms with Crippen LogP contribution >= 0.6 is 0 Å². The number of hydrogen-bond acceptors (Lipinski definition) is 4. The van der Waals surface area contributed by atoms with Gasteiger partial charge in [-0.1, -0.05) is 23.4 Å². The zero-order chi connectivity index (χ0) is 14.1. The topological polar surface area (TPSA) is 64.9 Å². The molecule has 4 nitrogen and oxygen atoms in total. The molecule has 20 heavy (non-hydrogen) atoms. The second-order valence-electron chi connectivity index (χ2n) is 4.11. The van der Waals surface area contributed by atoms with Gasteiger partial charge in [-0.3, -0.25) is 4.98 Å². The van der Waals surface area contributed by atoms with Gasteiger partial charge in [-0.15, -0.1) is 0 Å². The van der Waals surface area contributed by atoms with Crippen LogP contribution in [-0.4, -0.2) is 10.1 Å². The van der Waals surface area contributed by atoms with Crippen LogP contribution in [0.5, 0.6) is 0 Å². The molecular formula is C14H9F2N3O. The summed E-state index contributed by atoms with van der Waals surface area (Å²) in [6.45, 7) is 0. The van der Waals surface area contributed by atoms with Crippen molar-refractivity contribution in [1.29, 1.82) is 0 Å². The minimum atomic E-state index is -0.474. The van der Waals surface area contributed by atoms with Crippen molar-refractivity contribution < 1.29 is 13.3 Å². The Hall–Kier alpha value is -2.76. The molecule has 2 heterocycles. The first-order chi connectivity index (χ1) is 9.66. The lowest BCUT2D eigenvalue weighted by atomic mass is 10.0. The fraction of sp³-hybridized carbons (Fsp3) is 0. The van der Waals surface area contributed by atoms with Gasteiger partial charge >= 0.3 is 0 Å². The molecule has 6 heteroatoms. The third kappa shape index (κ3) is 2.01. The summed E-state index contributed by atoms with van der Waals surface area (Å²) in [5.41, 5.74) is 6.90. The molecule has 0 saturated heterocycles. The van der Waals surface area contributed by atoms with Gasteiger partial charge in [0.05, 0.1) is 17.5 Å². The highest BCUT2D eigenvalue weighted by molar-refractivity contribution is 5.85. The molecular weight excluding hydrogens is 264 g/mol. The minimum absolute atomic E-state index is 0.0174. The molecule has 0 bridgehead atoms. The highest BCUT2D eigenvalue weighted by Gasteiger charge is 2.20. The van der Waals surface area contributed by atoms with E-state index in [1.807, 2.05) is 0 Å². The molecule has 2 aromatic heterocycles. The summed E-state index contributed by atoms with van der Waals surface area (Å²) < 4.78 is 31.7. The van der Waals surface area contributed by atoms with Crippen molar-refractivity contribution in [3.63, 3.8) is 0 Å². The molecule has 0 aliphatic rings. The van der Waals surface area contributed by atoms with E-state index >= 15 is 0 Å². The van der Waals surface area contributed by atoms with Gasteiger partial charge in [0.2, 0.25) is 5.88 Å². The number of nitrogen functional groups attached to an aromatic ring is 1. The maximum Gasteiger partial charge on any atom is 0.230 e. The standard InChI is InChI=1S/C14H9F2N3O/c15-8-5-6-11(18-7-8)13-12(14(17)20-19-13)9-3-1-2-4-10(9)16/h1-7H,17H2. The largest absolute Gasteiger partial charge is 0.367 e. The normalized spacial score (nSPS) is 10.7. The summed E-state index contributed by atoms with van der Waals surface area (Å²) in [5, 5.41) is 3.78. The number of pyridine rings is 1. The summed E-state index contributed by atoms with van der Waals surface area (Å²) in [4.78, 5) is 3.90. The molecule has 1 aromatic carbocycles. The van der Waals surface area contributed by atoms with Crippen molar-refractivity contribution in [2.75, 3.05) is 5.73 Å². The van der Waals surface area contributed by atoms with Crippen molar-refractivity contribution in [3.05, 3.63) is 54.2 Å². The van der Waals surface area contributed by atoms with Gasteiger partial charge in [0.25, 0.3) is 0 Å². The minimum Gasteiger partial charge on any atom is -0.367 e. The van der Waals surface area contributed by atoms with Crippen molar-refractivity contribution in [3.8, 4) is 22.5 Å². The fourth-order valence-electron chi connectivity index (χ4n) is 1.92. The molecule has 0 aliphatic heterocycles. The van der Waals surface area contributed by atoms with Gasteiger partial charge in [-0.25, -0.2) is 8.78 Å². The van der Waals surface area contributed by atoms with E-state index in [4.69, 9.17) is 10.3 Å². The predicted molar refractivity (Wildman–Crippen MR) is 69.5 cm³/mol. The molecule has 0 atom stereocenters. The van der Waals surface area contributed by atoms with Crippen LogP contribution in [0.25, 0.3) is 22.5 Å². The zero-order valence-electron chi connectivity index (χ0n) is 10.2. The number of hydrogen-bond donors (Lipinski definition) is 1. The highest BCUT2D eigenvalue weighted by atomic mass is 19.1. The number of aromatic nitrogens is 2. The number of anilines is 1. The third-order valence-corrected chi connectivity index (χ3v) is 2.83. The number of halogens is 2. The van der Waals surface area contributed by atoms with E-state index in [-0.39, 0.29) is 17.1 Å². The van der Waals surface area contributed by atoms with E-state index < -0.39 is 11.6 Å². The van der Waals surface area contributed by atoms with Gasteiger partial charge in [0.15, 0.2) is 0 Å². The SMILES string of the molecule is Nc1onc(-c2ccc(F)cn2)c1-c1ccccc1F. The highest BCUT2D eigenvalue weighted by Crippen LogP contribution is 2.36. The third-order valence-electron chi connectivity index (χ3n) is 2.83. The van der Waals surface area contributed by atoms with Gasteiger partial charge in [-0.05, 0) is 18.2 Å². The summed E-state index contributed by atoms with van der Waals surface area (Å²) >= 11 is 0. The second kappa shape index (κ2) is 4.73. The van der Waals surface area contributed by atoms with Crippen molar-refractivity contribution >= 4 is 5.88 Å². The number of benzene rings is 1. The summed E-state index contributed by atoms with van der Waals surface area (Å²) in [6, 6.07) is 8.77. The van der Waals surface area contributed by atoms with Crippen LogP contribution in [0, 0.1) is 11.6 Å². The average molecular weight is 273 g/mol. The molecule has 0 fully saturated rings. The first-order valence-corrected chi connectivity index (χ1v) is 5.79. The van der Waals surface area contributed by atoms with Crippen LogP contribution in [0.3, 0.4) is 0 Å². The van der Waals surface area contributed by atoms with Gasteiger partial charge in [0, 0.05) is 5.56 Å². The van der Waals surface area contributed by atoms with Crippen LogP contribution in [0.2, 0.25) is 0 Å². The maximum atomic E-state index is 13.9. The molecule has 0 saturated carbocycles. The smallest absolute Gasteiger partial charge is 0.230 e. The summed E-state index contributed by atoms with van der Waals surface area (Å²) in [7, 11) is 0. The monoisotopic (exact) mass is 273 g/mol. The Morgan fingerprint density at radius 1 is 1.05 bits per heavy atom. The van der Waals surface area contributed by atoms with E-state index in [9.17, 15) is 8.78 Å². The first kappa shape index (κ1) is 12.3. The second-order valence-corrected chi connectivity index (χ2v) is 4.11. The number of rotatable bonds is 2. The van der Waals surface area contributed by atoms with Gasteiger partial charge < -0.3 is 10.3 Å². The number of nitrogens with zero attached hydrogens (tertiary/aromatic N) is 2. The Kier molecular flexibility index (Phi) is 2.90. The summed E-state index contributed by atoms with van der Waals surface area (Å²) in [6.07, 6.45) is 1.05. The molecule has 0 aliphatic carbocycles. The molecule has 2 N–H and O–H groups in total. The Bertz CT molecular complexity index is 753. The van der Waals surface area contributed by atoms with E-state index in [1.54, 1.807) is 18.2 Å². The number of nitrogens with two attached hydrogens (primary N) is 1. The van der Waals surface area contributed by atoms with E-state index in [2.05, 4.69) is 10.1 Å². The average Bonchev–Trinajstić information content (AvgIpc) is 2.82. The molecule has 3 rings (SSSR count). The quantitative estimate of drug-likeness (QED) is 0.778. The van der Waals surface area contributed by atoms with Crippen molar-refractivity contribution in [2.45, 2.75) is 0 Å².